The average molecular weight is 169 g/mol. The largest absolute Gasteiger partial charge is 0.403 e. The highest BCUT2D eigenvalue weighted by Crippen LogP contribution is 2.06. The predicted molar refractivity (Wildman–Crippen MR) is 51.6 cm³/mol. The molecule has 0 bridgehead atoms. The summed E-state index contributed by atoms with van der Waals surface area (Å²) in [5.41, 5.74) is 5.18. The van der Waals surface area contributed by atoms with Crippen LogP contribution >= 0.6 is 0 Å². The van der Waals surface area contributed by atoms with Crippen LogP contribution in [-0.4, -0.2) is 31.1 Å². The van der Waals surface area contributed by atoms with E-state index in [4.69, 9.17) is 5.73 Å². The Morgan fingerprint density at radius 1 is 1.33 bits per heavy atom. The zero-order valence-corrected chi connectivity index (χ0v) is 7.63. The normalized spacial score (nSPS) is 19.0. The molecule has 0 spiro atoms. The molecule has 0 saturated carbocycles. The lowest BCUT2D eigenvalue weighted by Crippen LogP contribution is -2.23. The molecule has 0 radical (unpaired) electrons. The molecule has 0 aromatic carbocycles. The van der Waals surface area contributed by atoms with Gasteiger partial charge in [-0.25, -0.2) is 0 Å². The lowest BCUT2D eigenvalue weighted by molar-refractivity contribution is 0.333. The number of likely N-dealkylation sites (tertiary alicyclic amines) is 1. The fraction of sp³-hybridized carbons (Fsp3) is 0.778. The van der Waals surface area contributed by atoms with Gasteiger partial charge in [0.1, 0.15) is 0 Å². The van der Waals surface area contributed by atoms with Crippen molar-refractivity contribution >= 4 is 0 Å². The molecule has 0 amide bonds. The molecule has 1 rings (SSSR count). The van der Waals surface area contributed by atoms with Crippen LogP contribution in [0.2, 0.25) is 0 Å². The van der Waals surface area contributed by atoms with E-state index >= 15 is 0 Å². The van der Waals surface area contributed by atoms with Crippen molar-refractivity contribution in [3.8, 4) is 0 Å². The average Bonchev–Trinajstić information content (AvgIpc) is 2.57. The fourth-order valence-electron chi connectivity index (χ4n) is 1.56. The quantitative estimate of drug-likeness (QED) is 0.589. The van der Waals surface area contributed by atoms with Crippen molar-refractivity contribution in [2.24, 2.45) is 5.73 Å². The van der Waals surface area contributed by atoms with E-state index in [0.29, 0.717) is 0 Å². The first-order valence-corrected chi connectivity index (χ1v) is 4.76. The van der Waals surface area contributed by atoms with E-state index in [0.717, 1.165) is 6.54 Å². The molecule has 0 unspecified atom stereocenters. The van der Waals surface area contributed by atoms with Gasteiger partial charge < -0.3 is 16.0 Å². The number of hydrogen-bond donors (Lipinski definition) is 2. The molecule has 3 heteroatoms. The highest BCUT2D eigenvalue weighted by Gasteiger charge is 2.09. The molecule has 0 aromatic rings. The molecule has 3 N–H and O–H groups in total. The first kappa shape index (κ1) is 9.39. The van der Waals surface area contributed by atoms with Gasteiger partial charge in [0, 0.05) is 18.9 Å². The second-order valence-electron chi connectivity index (χ2n) is 3.22. The molecule has 70 valence electrons. The summed E-state index contributed by atoms with van der Waals surface area (Å²) in [4.78, 5) is 2.52. The minimum absolute atomic E-state index is 1.03. The molecule has 1 heterocycles. The molecular weight excluding hydrogens is 150 g/mol. The third kappa shape index (κ3) is 3.62. The summed E-state index contributed by atoms with van der Waals surface area (Å²) in [6.45, 7) is 4.86. The van der Waals surface area contributed by atoms with Gasteiger partial charge in [-0.15, -0.1) is 0 Å². The lowest BCUT2D eigenvalue weighted by Gasteiger charge is -2.13. The first-order chi connectivity index (χ1) is 5.93. The molecule has 0 aromatic heterocycles. The molecule has 3 nitrogen and oxygen atoms in total. The van der Waals surface area contributed by atoms with Gasteiger partial charge in [0.05, 0.1) is 0 Å². The topological polar surface area (TPSA) is 41.3 Å². The zero-order chi connectivity index (χ0) is 8.65. The Kier molecular flexibility index (Phi) is 4.61. The molecular formula is C9H19N3. The summed E-state index contributed by atoms with van der Waals surface area (Å²) in [5.74, 6) is 0. The Balaban J connectivity index is 1.87. The van der Waals surface area contributed by atoms with Crippen LogP contribution in [-0.2, 0) is 0 Å². The van der Waals surface area contributed by atoms with Crippen molar-refractivity contribution in [1.29, 1.82) is 0 Å². The van der Waals surface area contributed by atoms with Gasteiger partial charge in [-0.3, -0.25) is 0 Å². The van der Waals surface area contributed by atoms with Crippen LogP contribution in [0.15, 0.2) is 12.4 Å². The Morgan fingerprint density at radius 2 is 2.08 bits per heavy atom. The predicted octanol–water partition coefficient (Wildman–Crippen LogP) is 0.492. The highest BCUT2D eigenvalue weighted by atomic mass is 15.1. The van der Waals surface area contributed by atoms with Crippen molar-refractivity contribution < 1.29 is 0 Å². The maximum absolute atomic E-state index is 5.18. The van der Waals surface area contributed by atoms with Crippen LogP contribution in [0.5, 0.6) is 0 Å². The van der Waals surface area contributed by atoms with Gasteiger partial charge in [0.25, 0.3) is 0 Å². The summed E-state index contributed by atoms with van der Waals surface area (Å²) >= 11 is 0. The summed E-state index contributed by atoms with van der Waals surface area (Å²) in [6, 6.07) is 0. The van der Waals surface area contributed by atoms with Gasteiger partial charge in [-0.05, 0) is 38.9 Å². The molecule has 1 saturated heterocycles. The smallest absolute Gasteiger partial charge is 0.0154 e. The second kappa shape index (κ2) is 5.89. The van der Waals surface area contributed by atoms with E-state index in [1.165, 1.54) is 45.1 Å². The van der Waals surface area contributed by atoms with Crippen molar-refractivity contribution in [2.75, 3.05) is 26.2 Å². The zero-order valence-electron chi connectivity index (χ0n) is 7.63. The fourth-order valence-corrected chi connectivity index (χ4v) is 1.56. The SMILES string of the molecule is N/C=C/NCCCN1CCCC1. The maximum atomic E-state index is 5.18. The highest BCUT2D eigenvalue weighted by molar-refractivity contribution is 4.73. The van der Waals surface area contributed by atoms with Crippen LogP contribution in [0.3, 0.4) is 0 Å². The first-order valence-electron chi connectivity index (χ1n) is 4.76. The van der Waals surface area contributed by atoms with Crippen LogP contribution in [0, 0.1) is 0 Å². The van der Waals surface area contributed by atoms with E-state index in [9.17, 15) is 0 Å². The molecule has 1 fully saturated rings. The van der Waals surface area contributed by atoms with Gasteiger partial charge in [-0.1, -0.05) is 0 Å². The van der Waals surface area contributed by atoms with E-state index < -0.39 is 0 Å². The van der Waals surface area contributed by atoms with E-state index in [-0.39, 0.29) is 0 Å². The van der Waals surface area contributed by atoms with Crippen molar-refractivity contribution in [1.82, 2.24) is 10.2 Å². The summed E-state index contributed by atoms with van der Waals surface area (Å²) in [6.07, 6.45) is 7.32. The minimum Gasteiger partial charge on any atom is -0.403 e. The van der Waals surface area contributed by atoms with Crippen molar-refractivity contribution in [3.63, 3.8) is 0 Å². The monoisotopic (exact) mass is 169 g/mol. The van der Waals surface area contributed by atoms with Crippen molar-refractivity contribution in [2.45, 2.75) is 19.3 Å². The maximum Gasteiger partial charge on any atom is 0.0154 e. The third-order valence-electron chi connectivity index (χ3n) is 2.21. The summed E-state index contributed by atoms with van der Waals surface area (Å²) in [7, 11) is 0. The summed E-state index contributed by atoms with van der Waals surface area (Å²) < 4.78 is 0. The number of nitrogens with zero attached hydrogens (tertiary/aromatic N) is 1. The van der Waals surface area contributed by atoms with Gasteiger partial charge >= 0.3 is 0 Å². The summed E-state index contributed by atoms with van der Waals surface area (Å²) in [5, 5.41) is 3.13. The van der Waals surface area contributed by atoms with Crippen LogP contribution in [0.25, 0.3) is 0 Å². The molecule has 1 aliphatic heterocycles. The third-order valence-corrected chi connectivity index (χ3v) is 2.21. The van der Waals surface area contributed by atoms with Gasteiger partial charge in [0.15, 0.2) is 0 Å². The number of rotatable bonds is 5. The number of hydrogen-bond acceptors (Lipinski definition) is 3. The Morgan fingerprint density at radius 3 is 2.75 bits per heavy atom. The lowest BCUT2D eigenvalue weighted by atomic mass is 10.4. The number of nitrogens with two attached hydrogens (primary N) is 1. The van der Waals surface area contributed by atoms with Crippen LogP contribution in [0.1, 0.15) is 19.3 Å². The Bertz CT molecular complexity index is 128. The minimum atomic E-state index is 1.03. The van der Waals surface area contributed by atoms with Crippen LogP contribution in [0.4, 0.5) is 0 Å². The standard InChI is InChI=1S/C9H19N3/c10-4-6-11-5-3-9-12-7-1-2-8-12/h4,6,11H,1-3,5,7-10H2/b6-4+. The molecule has 0 atom stereocenters. The molecule has 12 heavy (non-hydrogen) atoms. The molecule has 0 aliphatic carbocycles. The van der Waals surface area contributed by atoms with Crippen LogP contribution < -0.4 is 11.1 Å². The van der Waals surface area contributed by atoms with E-state index in [2.05, 4.69) is 10.2 Å². The second-order valence-corrected chi connectivity index (χ2v) is 3.22. The Labute approximate surface area is 74.6 Å². The van der Waals surface area contributed by atoms with E-state index in [1.54, 1.807) is 6.20 Å². The van der Waals surface area contributed by atoms with Crippen molar-refractivity contribution in [3.05, 3.63) is 12.4 Å². The molecule has 1 aliphatic rings. The van der Waals surface area contributed by atoms with E-state index in [1.807, 2.05) is 0 Å². The Hall–Kier alpha value is -0.700. The van der Waals surface area contributed by atoms with Gasteiger partial charge in [0.2, 0.25) is 0 Å². The number of nitrogens with one attached hydrogen (secondary N) is 1. The van der Waals surface area contributed by atoms with Gasteiger partial charge in [-0.2, -0.15) is 0 Å².